The third kappa shape index (κ3) is 11.0. The second-order valence-electron chi connectivity index (χ2n) is 6.52. The van der Waals surface area contributed by atoms with Gasteiger partial charge in [-0.25, -0.2) is 4.79 Å². The van der Waals surface area contributed by atoms with Crippen molar-refractivity contribution in [3.8, 4) is 0 Å². The van der Waals surface area contributed by atoms with Crippen LogP contribution in [0, 0.1) is 0 Å². The highest BCUT2D eigenvalue weighted by Gasteiger charge is 2.31. The predicted molar refractivity (Wildman–Crippen MR) is 110 cm³/mol. The minimum absolute atomic E-state index is 0.223. The highest BCUT2D eigenvalue weighted by atomic mass is 32.2. The molecule has 0 heterocycles. The van der Waals surface area contributed by atoms with E-state index in [1.165, 1.54) is 18.7 Å². The zero-order chi connectivity index (χ0) is 22.4. The largest absolute Gasteiger partial charge is 0.480 e. The lowest BCUT2D eigenvalue weighted by molar-refractivity contribution is -0.142. The second-order valence-corrected chi connectivity index (χ2v) is 7.50. The van der Waals surface area contributed by atoms with Crippen molar-refractivity contribution in [2.24, 2.45) is 11.5 Å². The number of nitrogens with two attached hydrogens (primary N) is 2. The fourth-order valence-corrected chi connectivity index (χ4v) is 2.90. The molecule has 0 radical (unpaired) electrons. The Labute approximate surface area is 174 Å². The Bertz CT molecular complexity index is 548. The van der Waals surface area contributed by atoms with Gasteiger partial charge in [-0.05, 0) is 51.2 Å². The molecule has 0 aliphatic carbocycles. The van der Waals surface area contributed by atoms with Gasteiger partial charge in [0.1, 0.15) is 18.1 Å². The van der Waals surface area contributed by atoms with Crippen LogP contribution in [0.1, 0.15) is 32.6 Å². The maximum Gasteiger partial charge on any atom is 0.326 e. The molecule has 0 aromatic heterocycles. The Morgan fingerprint density at radius 1 is 0.966 bits per heavy atom. The van der Waals surface area contributed by atoms with Crippen molar-refractivity contribution in [3.05, 3.63) is 0 Å². The van der Waals surface area contributed by atoms with E-state index >= 15 is 0 Å². The molecule has 0 rings (SSSR count). The van der Waals surface area contributed by atoms with Crippen LogP contribution in [0.2, 0.25) is 0 Å². The van der Waals surface area contributed by atoms with Crippen LogP contribution in [-0.2, 0) is 19.2 Å². The summed E-state index contributed by atoms with van der Waals surface area (Å²) in [6, 6.07) is -3.43. The smallest absolute Gasteiger partial charge is 0.326 e. The van der Waals surface area contributed by atoms with E-state index in [2.05, 4.69) is 16.0 Å². The van der Waals surface area contributed by atoms with E-state index in [1.54, 1.807) is 0 Å². The molecule has 4 unspecified atom stereocenters. The number of hydrogen-bond acceptors (Lipinski definition) is 8. The van der Waals surface area contributed by atoms with Gasteiger partial charge in [0.2, 0.25) is 17.7 Å². The number of hydrogen-bond donors (Lipinski definition) is 7. The Kier molecular flexibility index (Phi) is 14.0. The van der Waals surface area contributed by atoms with Gasteiger partial charge in [0, 0.05) is 0 Å². The molecule has 0 aliphatic rings. The first-order valence-electron chi connectivity index (χ1n) is 9.37. The number of carbonyl (C=O) groups is 4. The van der Waals surface area contributed by atoms with Gasteiger partial charge < -0.3 is 37.6 Å². The van der Waals surface area contributed by atoms with Crippen molar-refractivity contribution in [1.82, 2.24) is 16.0 Å². The van der Waals surface area contributed by atoms with Crippen molar-refractivity contribution in [3.63, 3.8) is 0 Å². The first-order valence-corrected chi connectivity index (χ1v) is 10.8. The monoisotopic (exact) mass is 435 g/mol. The number of aliphatic carboxylic acids is 1. The molecule has 0 bridgehead atoms. The van der Waals surface area contributed by atoms with E-state index < -0.39 is 47.9 Å². The summed E-state index contributed by atoms with van der Waals surface area (Å²) in [5, 5.41) is 26.3. The predicted octanol–water partition coefficient (Wildman–Crippen LogP) is -2.25. The minimum Gasteiger partial charge on any atom is -0.480 e. The molecule has 12 heteroatoms. The average Bonchev–Trinajstić information content (AvgIpc) is 2.67. The molecule has 0 spiro atoms. The van der Waals surface area contributed by atoms with Crippen molar-refractivity contribution in [1.29, 1.82) is 0 Å². The normalized spacial score (nSPS) is 14.9. The van der Waals surface area contributed by atoms with Gasteiger partial charge in [-0.1, -0.05) is 0 Å². The summed E-state index contributed by atoms with van der Waals surface area (Å²) >= 11 is 1.45. The number of amides is 3. The molecule has 0 aromatic carbocycles. The van der Waals surface area contributed by atoms with Crippen molar-refractivity contribution >= 4 is 35.5 Å². The number of thioether (sulfide) groups is 1. The molecule has 3 amide bonds. The lowest BCUT2D eigenvalue weighted by Crippen LogP contribution is -2.58. The second kappa shape index (κ2) is 15.0. The van der Waals surface area contributed by atoms with Crippen LogP contribution in [0.15, 0.2) is 0 Å². The van der Waals surface area contributed by atoms with Crippen LogP contribution in [0.3, 0.4) is 0 Å². The Hall–Kier alpha value is -1.89. The third-order valence-corrected chi connectivity index (χ3v) is 4.72. The Balaban J connectivity index is 5.26. The van der Waals surface area contributed by atoms with Crippen LogP contribution >= 0.6 is 11.8 Å². The highest BCUT2D eigenvalue weighted by Crippen LogP contribution is 2.06. The number of rotatable bonds is 15. The SMILES string of the molecule is CSCCC(NC(=O)C(CCCCN)NC(=O)C(NC(=O)CN)C(C)O)C(=O)O. The fourth-order valence-electron chi connectivity index (χ4n) is 2.43. The summed E-state index contributed by atoms with van der Waals surface area (Å²) in [5.41, 5.74) is 10.7. The molecular weight excluding hydrogens is 402 g/mol. The summed E-state index contributed by atoms with van der Waals surface area (Å²) in [5.74, 6) is -2.70. The summed E-state index contributed by atoms with van der Waals surface area (Å²) < 4.78 is 0. The first-order chi connectivity index (χ1) is 13.7. The molecule has 29 heavy (non-hydrogen) atoms. The van der Waals surface area contributed by atoms with Gasteiger partial charge >= 0.3 is 5.97 Å². The van der Waals surface area contributed by atoms with E-state index in [0.717, 1.165) is 0 Å². The average molecular weight is 436 g/mol. The Morgan fingerprint density at radius 2 is 1.59 bits per heavy atom. The fraction of sp³-hybridized carbons (Fsp3) is 0.765. The topological polar surface area (TPSA) is 197 Å². The van der Waals surface area contributed by atoms with Crippen molar-refractivity contribution in [2.75, 3.05) is 25.1 Å². The van der Waals surface area contributed by atoms with Crippen LogP contribution < -0.4 is 27.4 Å². The molecule has 0 aromatic rings. The van der Waals surface area contributed by atoms with Crippen molar-refractivity contribution < 1.29 is 29.4 Å². The first kappa shape index (κ1) is 27.1. The molecule has 11 nitrogen and oxygen atoms in total. The van der Waals surface area contributed by atoms with Gasteiger partial charge in [-0.3, -0.25) is 14.4 Å². The number of unbranched alkanes of at least 4 members (excludes halogenated alkanes) is 1. The molecule has 0 saturated carbocycles. The van der Waals surface area contributed by atoms with Crippen molar-refractivity contribution in [2.45, 2.75) is 56.8 Å². The third-order valence-electron chi connectivity index (χ3n) is 4.07. The summed E-state index contributed by atoms with van der Waals surface area (Å²) in [7, 11) is 0. The van der Waals surface area contributed by atoms with Crippen LogP contribution in [0.5, 0.6) is 0 Å². The zero-order valence-electron chi connectivity index (χ0n) is 16.8. The maximum absolute atomic E-state index is 12.6. The Morgan fingerprint density at radius 3 is 2.07 bits per heavy atom. The van der Waals surface area contributed by atoms with Gasteiger partial charge in [0.15, 0.2) is 0 Å². The van der Waals surface area contributed by atoms with E-state index in [9.17, 15) is 29.4 Å². The molecule has 0 saturated heterocycles. The molecule has 0 aliphatic heterocycles. The lowest BCUT2D eigenvalue weighted by Gasteiger charge is -2.25. The molecular formula is C17H33N5O6S. The van der Waals surface area contributed by atoms with Gasteiger partial charge in [0.05, 0.1) is 12.6 Å². The van der Waals surface area contributed by atoms with Gasteiger partial charge in [0.25, 0.3) is 0 Å². The summed E-state index contributed by atoms with van der Waals surface area (Å²) in [6.07, 6.45) is 2.17. The van der Waals surface area contributed by atoms with E-state index in [1.807, 2.05) is 6.26 Å². The minimum atomic E-state index is -1.30. The van der Waals surface area contributed by atoms with Crippen LogP contribution in [0.4, 0.5) is 0 Å². The van der Waals surface area contributed by atoms with Gasteiger partial charge in [-0.2, -0.15) is 11.8 Å². The van der Waals surface area contributed by atoms with Crippen LogP contribution in [-0.4, -0.2) is 83.2 Å². The summed E-state index contributed by atoms with van der Waals surface area (Å²) in [4.78, 5) is 48.0. The number of carbonyl (C=O) groups excluding carboxylic acids is 3. The molecule has 168 valence electrons. The van der Waals surface area contributed by atoms with E-state index in [0.29, 0.717) is 25.1 Å². The number of carboxylic acids is 1. The molecule has 0 fully saturated rings. The quantitative estimate of drug-likeness (QED) is 0.139. The lowest BCUT2D eigenvalue weighted by atomic mass is 10.1. The number of aliphatic hydroxyl groups is 1. The van der Waals surface area contributed by atoms with E-state index in [4.69, 9.17) is 11.5 Å². The maximum atomic E-state index is 12.6. The van der Waals surface area contributed by atoms with E-state index in [-0.39, 0.29) is 19.4 Å². The highest BCUT2D eigenvalue weighted by molar-refractivity contribution is 7.98. The number of nitrogens with one attached hydrogen (secondary N) is 3. The number of aliphatic hydroxyl groups excluding tert-OH is 1. The summed E-state index contributed by atoms with van der Waals surface area (Å²) in [6.45, 7) is 1.34. The molecule has 9 N–H and O–H groups in total. The zero-order valence-corrected chi connectivity index (χ0v) is 17.7. The van der Waals surface area contributed by atoms with Crippen LogP contribution in [0.25, 0.3) is 0 Å². The number of carboxylic acid groups (broad SMARTS) is 1. The van der Waals surface area contributed by atoms with Gasteiger partial charge in [-0.15, -0.1) is 0 Å². The standard InChI is InChI=1S/C17H33N5O6S/c1-10(23)14(22-13(24)9-19)16(26)20-11(5-3-4-7-18)15(25)21-12(17(27)28)6-8-29-2/h10-12,14,23H,3-9,18-19H2,1-2H3,(H,20,26)(H,21,25)(H,22,24)(H,27,28). The molecule has 4 atom stereocenters.